The molecule has 0 atom stereocenters. The Balaban J connectivity index is 1.17. The first-order valence-electron chi connectivity index (χ1n) is 17.2. The Bertz CT molecular complexity index is 1700. The van der Waals surface area contributed by atoms with Crippen molar-refractivity contribution >= 4 is 35.4 Å². The molecule has 0 aromatic rings. The highest BCUT2D eigenvalue weighted by atomic mass is 16.8. The number of ketones is 2. The van der Waals surface area contributed by atoms with Crippen molar-refractivity contribution in [3.63, 3.8) is 0 Å². The predicted molar refractivity (Wildman–Crippen MR) is 186 cm³/mol. The molecule has 0 aromatic carbocycles. The smallest absolute Gasteiger partial charge is 0.348 e. The average molecular weight is 717 g/mol. The number of esters is 4. The normalized spacial score (nSPS) is 29.4. The van der Waals surface area contributed by atoms with Crippen molar-refractivity contribution in [1.29, 1.82) is 0 Å². The monoisotopic (exact) mass is 716 g/mol. The number of rotatable bonds is 6. The molecule has 2 N–H and O–H groups in total. The summed E-state index contributed by atoms with van der Waals surface area (Å²) in [5, 5.41) is 20.6. The van der Waals surface area contributed by atoms with Gasteiger partial charge in [0.15, 0.2) is 11.6 Å². The van der Waals surface area contributed by atoms with Gasteiger partial charge in [-0.25, -0.2) is 19.2 Å². The molecular weight excluding hydrogens is 672 g/mol. The molecule has 2 saturated heterocycles. The van der Waals surface area contributed by atoms with Crippen LogP contribution < -0.4 is 0 Å². The van der Waals surface area contributed by atoms with Crippen LogP contribution in [0.25, 0.3) is 0 Å². The number of allylic oxidation sites excluding steroid dienone is 12. The number of ether oxygens (including phenoxy) is 4. The number of hydrogen-bond donors (Lipinski definition) is 2. The molecule has 2 aliphatic heterocycles. The highest BCUT2D eigenvalue weighted by Crippen LogP contribution is 2.45. The van der Waals surface area contributed by atoms with Crippen molar-refractivity contribution in [2.45, 2.75) is 104 Å². The average Bonchev–Trinajstić information content (AvgIpc) is 3.00. The van der Waals surface area contributed by atoms with Gasteiger partial charge in [0.1, 0.15) is 22.7 Å². The number of aliphatic hydroxyl groups excluding tert-OH is 2. The summed E-state index contributed by atoms with van der Waals surface area (Å²) >= 11 is 0. The van der Waals surface area contributed by atoms with Crippen LogP contribution in [0.2, 0.25) is 0 Å². The standard InChI is InChI=1S/C40H44O12/c1-23(7-11-25-29(41)19-37(3,4)20-30(25)42)9-13-27-33(45)49-39(50-34(27)46)15-17-40(18-16-39)51-35(47)28(36(48)52-40)14-10-24(2)8-12-26-31(43)21-38(5,6)22-32(26)44/h9-14,19,21,41,43H,7-8,15-18,20,22H2,1-6H3. The van der Waals surface area contributed by atoms with Gasteiger partial charge in [0, 0.05) is 38.5 Å². The molecule has 52 heavy (non-hydrogen) atoms. The van der Waals surface area contributed by atoms with E-state index in [1.165, 1.54) is 24.3 Å². The van der Waals surface area contributed by atoms with E-state index in [0.717, 1.165) is 0 Å². The molecule has 5 rings (SSSR count). The SMILES string of the molecule is CC(=CC=C1C(=O)OC2(CCC3(CC2)OC(=O)C(=CC=C(C)CC=C2C(=O)CC(C)(C)C=C2O)C(=O)O3)OC1=O)CC=C1C(=O)CC(C)(C)C=C1O. The van der Waals surface area contributed by atoms with Gasteiger partial charge >= 0.3 is 23.9 Å². The summed E-state index contributed by atoms with van der Waals surface area (Å²) in [6, 6.07) is 0. The largest absolute Gasteiger partial charge is 0.508 e. The summed E-state index contributed by atoms with van der Waals surface area (Å²) in [6.45, 7) is 10.9. The number of hydrogen-bond acceptors (Lipinski definition) is 12. The molecule has 0 radical (unpaired) electrons. The van der Waals surface area contributed by atoms with Crippen molar-refractivity contribution in [2.24, 2.45) is 10.8 Å². The molecular formula is C40H44O12. The Morgan fingerprint density at radius 1 is 0.577 bits per heavy atom. The Labute approximate surface area is 301 Å². The fourth-order valence-electron chi connectivity index (χ4n) is 6.65. The van der Waals surface area contributed by atoms with E-state index in [4.69, 9.17) is 18.9 Å². The molecule has 3 aliphatic carbocycles. The molecule has 0 aromatic heterocycles. The maximum atomic E-state index is 12.9. The van der Waals surface area contributed by atoms with E-state index in [1.807, 2.05) is 27.7 Å². The maximum Gasteiger partial charge on any atom is 0.348 e. The van der Waals surface area contributed by atoms with E-state index >= 15 is 0 Å². The molecule has 12 heteroatoms. The van der Waals surface area contributed by atoms with Gasteiger partial charge in [-0.1, -0.05) is 63.1 Å². The molecule has 2 spiro atoms. The third-order valence-electron chi connectivity index (χ3n) is 9.53. The quantitative estimate of drug-likeness (QED) is 0.175. The van der Waals surface area contributed by atoms with Crippen LogP contribution in [0.3, 0.4) is 0 Å². The van der Waals surface area contributed by atoms with Crippen molar-refractivity contribution in [3.05, 3.63) is 93.6 Å². The molecule has 0 bridgehead atoms. The van der Waals surface area contributed by atoms with E-state index < -0.39 is 46.3 Å². The van der Waals surface area contributed by atoms with Gasteiger partial charge in [-0.2, -0.15) is 0 Å². The lowest BCUT2D eigenvalue weighted by atomic mass is 9.79. The first-order chi connectivity index (χ1) is 24.2. The van der Waals surface area contributed by atoms with Crippen molar-refractivity contribution in [2.75, 3.05) is 0 Å². The third kappa shape index (κ3) is 8.43. The molecule has 3 fully saturated rings. The highest BCUT2D eigenvalue weighted by Gasteiger charge is 2.56. The lowest BCUT2D eigenvalue weighted by Gasteiger charge is -2.46. The first-order valence-corrected chi connectivity index (χ1v) is 17.2. The summed E-state index contributed by atoms with van der Waals surface area (Å²) in [5.41, 5.74) is 0.317. The zero-order valence-corrected chi connectivity index (χ0v) is 30.3. The van der Waals surface area contributed by atoms with E-state index in [9.17, 15) is 39.0 Å². The summed E-state index contributed by atoms with van der Waals surface area (Å²) < 4.78 is 22.3. The second-order valence-electron chi connectivity index (χ2n) is 15.4. The molecule has 0 unspecified atom stereocenters. The fraction of sp³-hybridized carbons (Fsp3) is 0.450. The Morgan fingerprint density at radius 3 is 1.17 bits per heavy atom. The molecule has 5 aliphatic rings. The fourth-order valence-corrected chi connectivity index (χ4v) is 6.65. The van der Waals surface area contributed by atoms with Crippen LogP contribution in [0, 0.1) is 10.8 Å². The summed E-state index contributed by atoms with van der Waals surface area (Å²) in [6.07, 6.45) is 12.9. The van der Waals surface area contributed by atoms with Crippen LogP contribution in [-0.2, 0) is 47.7 Å². The zero-order chi connectivity index (χ0) is 38.2. The minimum absolute atomic E-state index is 0.0760. The van der Waals surface area contributed by atoms with Gasteiger partial charge in [0.25, 0.3) is 11.6 Å². The Kier molecular flexibility index (Phi) is 10.3. The third-order valence-corrected chi connectivity index (χ3v) is 9.53. The van der Waals surface area contributed by atoms with Gasteiger partial charge in [-0.05, 0) is 61.8 Å². The van der Waals surface area contributed by atoms with Crippen LogP contribution >= 0.6 is 0 Å². The molecule has 2 heterocycles. The maximum absolute atomic E-state index is 12.9. The number of aliphatic hydroxyl groups is 2. The lowest BCUT2D eigenvalue weighted by molar-refractivity contribution is -0.291. The van der Waals surface area contributed by atoms with Crippen LogP contribution in [-0.4, -0.2) is 57.2 Å². The van der Waals surface area contributed by atoms with Gasteiger partial charge in [0.2, 0.25) is 0 Å². The van der Waals surface area contributed by atoms with Gasteiger partial charge in [-0.15, -0.1) is 0 Å². The molecule has 12 nitrogen and oxygen atoms in total. The van der Waals surface area contributed by atoms with E-state index in [1.54, 1.807) is 38.2 Å². The number of Topliss-reactive ketones (excluding diaryl/α,β-unsaturated/α-hetero) is 2. The second-order valence-corrected chi connectivity index (χ2v) is 15.4. The van der Waals surface area contributed by atoms with Gasteiger partial charge in [0.05, 0.1) is 11.1 Å². The van der Waals surface area contributed by atoms with Crippen LogP contribution in [0.15, 0.2) is 93.6 Å². The summed E-state index contributed by atoms with van der Waals surface area (Å²) in [5.74, 6) is -7.34. The van der Waals surface area contributed by atoms with Crippen molar-refractivity contribution in [1.82, 2.24) is 0 Å². The first kappa shape index (κ1) is 38.0. The highest BCUT2D eigenvalue weighted by molar-refractivity contribution is 6.16. The second kappa shape index (κ2) is 14.0. The van der Waals surface area contributed by atoms with E-state index in [2.05, 4.69) is 0 Å². The van der Waals surface area contributed by atoms with Crippen molar-refractivity contribution in [3.8, 4) is 0 Å². The van der Waals surface area contributed by atoms with Gasteiger partial charge < -0.3 is 29.2 Å². The number of carbonyl (C=O) groups excluding carboxylic acids is 6. The van der Waals surface area contributed by atoms with Crippen LogP contribution in [0.4, 0.5) is 0 Å². The molecule has 0 amide bonds. The van der Waals surface area contributed by atoms with Crippen LogP contribution in [0.5, 0.6) is 0 Å². The zero-order valence-electron chi connectivity index (χ0n) is 30.3. The van der Waals surface area contributed by atoms with Crippen molar-refractivity contribution < 1.29 is 57.9 Å². The van der Waals surface area contributed by atoms with E-state index in [-0.39, 0.29) is 96.7 Å². The summed E-state index contributed by atoms with van der Waals surface area (Å²) in [4.78, 5) is 76.7. The Morgan fingerprint density at radius 2 is 0.885 bits per heavy atom. The van der Waals surface area contributed by atoms with E-state index in [0.29, 0.717) is 11.1 Å². The Hall–Kier alpha value is -5.26. The predicted octanol–water partition coefficient (Wildman–Crippen LogP) is 6.41. The van der Waals surface area contributed by atoms with Crippen LogP contribution in [0.1, 0.15) is 92.9 Å². The summed E-state index contributed by atoms with van der Waals surface area (Å²) in [7, 11) is 0. The minimum atomic E-state index is -1.62. The molecule has 1 saturated carbocycles. The number of carbonyl (C=O) groups is 6. The molecule has 276 valence electrons. The minimum Gasteiger partial charge on any atom is -0.508 e. The lowest BCUT2D eigenvalue weighted by Crippen LogP contribution is -2.56. The van der Waals surface area contributed by atoms with Gasteiger partial charge in [-0.3, -0.25) is 9.59 Å². The topological polar surface area (TPSA) is 180 Å².